The molecule has 0 atom stereocenters. The number of nitro benzene ring substituents is 1. The maximum absolute atomic E-state index is 12.9. The molecule has 1 aromatic rings. The van der Waals surface area contributed by atoms with E-state index >= 15 is 0 Å². The Morgan fingerprint density at radius 3 is 1.47 bits per heavy atom. The Hall–Kier alpha value is -2.14. The molecule has 0 aliphatic rings. The number of nitro groups is 1. The molecule has 0 bridgehead atoms. The van der Waals surface area contributed by atoms with E-state index in [1.807, 2.05) is 4.90 Å². The summed E-state index contributed by atoms with van der Waals surface area (Å²) in [4.78, 5) is 36.8. The van der Waals surface area contributed by atoms with Gasteiger partial charge in [0.1, 0.15) is 19.0 Å². The number of nitrogens with zero attached hydrogens (tertiary/aromatic N) is 2. The van der Waals surface area contributed by atoms with Gasteiger partial charge in [-0.2, -0.15) is 0 Å². The Balaban J connectivity index is 2.22. The second-order valence-electron chi connectivity index (χ2n) is 12.1. The molecule has 1 aromatic carbocycles. The second-order valence-corrected chi connectivity index (χ2v) is 14.8. The molecule has 0 saturated heterocycles. The molecule has 0 saturated carbocycles. The Morgan fingerprint density at radius 2 is 1.04 bits per heavy atom. The molecule has 0 unspecified atom stereocenters. The molecule has 9 nitrogen and oxygen atoms in total. The molecule has 1 rings (SSSR count). The average Bonchev–Trinajstić information content (AvgIpc) is 3.06. The number of hydrogen-bond donors (Lipinski definition) is 0. The summed E-state index contributed by atoms with van der Waals surface area (Å²) < 4.78 is 15.7. The first-order valence-electron chi connectivity index (χ1n) is 18.2. The van der Waals surface area contributed by atoms with Crippen molar-refractivity contribution in [2.45, 2.75) is 142 Å². The van der Waals surface area contributed by atoms with Crippen molar-refractivity contribution < 1.29 is 28.7 Å². The van der Waals surface area contributed by atoms with Crippen LogP contribution in [0.3, 0.4) is 0 Å². The van der Waals surface area contributed by atoms with Gasteiger partial charge in [0.05, 0.1) is 4.92 Å². The van der Waals surface area contributed by atoms with Gasteiger partial charge in [0.2, 0.25) is 0 Å². The predicted octanol–water partition coefficient (Wildman–Crippen LogP) is 11.8. The fourth-order valence-corrected chi connectivity index (χ4v) is 6.82. The predicted molar refractivity (Wildman–Crippen MR) is 197 cm³/mol. The topological polar surface area (TPSA) is 108 Å². The van der Waals surface area contributed by atoms with Crippen molar-refractivity contribution in [1.82, 2.24) is 4.90 Å². The fourth-order valence-electron chi connectivity index (χ4n) is 5.17. The molecule has 11 heteroatoms. The third-order valence-corrected chi connectivity index (χ3v) is 10.3. The van der Waals surface area contributed by atoms with Crippen molar-refractivity contribution in [3.05, 3.63) is 34.4 Å². The molecule has 0 N–H and O–H groups in total. The number of carbonyl (C=O) groups is 2. The molecule has 0 spiro atoms. The number of ether oxygens (including phenoxy) is 3. The lowest BCUT2D eigenvalue weighted by Gasteiger charge is -2.22. The third-order valence-electron chi connectivity index (χ3n) is 7.93. The van der Waals surface area contributed by atoms with E-state index < -0.39 is 11.1 Å². The fraction of sp³-hybridized carbons (Fsp3) is 0.778. The smallest absolute Gasteiger partial charge is 0.449 e. The van der Waals surface area contributed by atoms with Gasteiger partial charge in [-0.25, -0.2) is 9.59 Å². The minimum absolute atomic E-state index is 0.0827. The largest absolute Gasteiger partial charge is 0.513 e. The summed E-state index contributed by atoms with van der Waals surface area (Å²) in [6, 6.07) is 5.22. The Kier molecular flexibility index (Phi) is 28.4. The lowest BCUT2D eigenvalue weighted by atomic mass is 10.1. The van der Waals surface area contributed by atoms with E-state index in [1.165, 1.54) is 138 Å². The number of carbonyl (C=O) groups excluding carboxylic acids is 2. The van der Waals surface area contributed by atoms with Crippen LogP contribution in [-0.2, 0) is 9.47 Å². The van der Waals surface area contributed by atoms with Crippen molar-refractivity contribution in [2.75, 3.05) is 37.8 Å². The maximum Gasteiger partial charge on any atom is 0.513 e. The highest BCUT2D eigenvalue weighted by Crippen LogP contribution is 2.21. The second kappa shape index (κ2) is 31.1. The van der Waals surface area contributed by atoms with E-state index in [9.17, 15) is 19.7 Å². The number of amides is 1. The van der Waals surface area contributed by atoms with Gasteiger partial charge in [-0.05, 0) is 25.0 Å². The van der Waals surface area contributed by atoms with Crippen molar-refractivity contribution in [3.8, 4) is 5.75 Å². The summed E-state index contributed by atoms with van der Waals surface area (Å²) in [7, 11) is 3.09. The van der Waals surface area contributed by atoms with Crippen LogP contribution >= 0.6 is 21.6 Å². The summed E-state index contributed by atoms with van der Waals surface area (Å²) in [6.07, 6.45) is 24.4. The molecule has 0 aromatic heterocycles. The highest BCUT2D eigenvalue weighted by Gasteiger charge is 2.14. The number of unbranched alkanes of at least 4 members (excludes halogenated alkanes) is 18. The first kappa shape index (κ1) is 42.9. The van der Waals surface area contributed by atoms with Gasteiger partial charge in [-0.15, -0.1) is 0 Å². The van der Waals surface area contributed by atoms with Crippen LogP contribution in [-0.4, -0.2) is 59.9 Å². The zero-order valence-electron chi connectivity index (χ0n) is 29.3. The normalized spacial score (nSPS) is 10.9. The molecule has 0 aliphatic carbocycles. The van der Waals surface area contributed by atoms with Gasteiger partial charge in [-0.3, -0.25) is 10.1 Å². The van der Waals surface area contributed by atoms with Crippen LogP contribution < -0.4 is 4.74 Å². The summed E-state index contributed by atoms with van der Waals surface area (Å²) in [6.45, 7) is 6.54. The highest BCUT2D eigenvalue weighted by molar-refractivity contribution is 8.76. The van der Waals surface area contributed by atoms with Gasteiger partial charge in [-0.1, -0.05) is 151 Å². The highest BCUT2D eigenvalue weighted by atomic mass is 33.1. The van der Waals surface area contributed by atoms with Crippen molar-refractivity contribution in [3.63, 3.8) is 0 Å². The van der Waals surface area contributed by atoms with Gasteiger partial charge in [0.25, 0.3) is 5.69 Å². The number of benzene rings is 1. The maximum atomic E-state index is 12.9. The number of rotatable bonds is 31. The molecule has 0 heterocycles. The molecule has 0 fully saturated rings. The van der Waals surface area contributed by atoms with E-state index in [2.05, 4.69) is 13.8 Å². The van der Waals surface area contributed by atoms with E-state index in [4.69, 9.17) is 14.2 Å². The minimum atomic E-state index is -0.858. The van der Waals surface area contributed by atoms with Crippen LogP contribution in [0.4, 0.5) is 15.3 Å². The molecule has 0 radical (unpaired) electrons. The molecule has 0 aliphatic heterocycles. The van der Waals surface area contributed by atoms with E-state index in [-0.39, 0.29) is 24.1 Å². The quantitative estimate of drug-likeness (QED) is 0.0187. The average molecular weight is 699 g/mol. The zero-order chi connectivity index (χ0) is 34.2. The monoisotopic (exact) mass is 698 g/mol. The lowest BCUT2D eigenvalue weighted by Crippen LogP contribution is -2.34. The van der Waals surface area contributed by atoms with Gasteiger partial charge < -0.3 is 19.1 Å². The van der Waals surface area contributed by atoms with Crippen LogP contribution in [0.25, 0.3) is 0 Å². The Bertz CT molecular complexity index is 897. The molecule has 270 valence electrons. The van der Waals surface area contributed by atoms with Crippen LogP contribution in [0, 0.1) is 10.1 Å². The third kappa shape index (κ3) is 25.5. The zero-order valence-corrected chi connectivity index (χ0v) is 30.9. The lowest BCUT2D eigenvalue weighted by molar-refractivity contribution is -0.384. The molecular weight excluding hydrogens is 637 g/mol. The standard InChI is InChI=1S/C36H62N2O7S2/c1-3-5-7-9-11-13-15-17-19-21-27-37(28-22-20-18-16-14-12-10-8-6-4-2)35(39)43-29-31-46-47-32-30-44-36(40)45-34-25-23-33(24-26-34)38(41)42/h23-26H,3-22,27-32H2,1-2H3. The van der Waals surface area contributed by atoms with Crippen LogP contribution in [0.2, 0.25) is 0 Å². The van der Waals surface area contributed by atoms with Crippen LogP contribution in [0.15, 0.2) is 24.3 Å². The summed E-state index contributed by atoms with van der Waals surface area (Å²) >= 11 is 0. The van der Waals surface area contributed by atoms with Gasteiger partial charge in [0.15, 0.2) is 0 Å². The summed E-state index contributed by atoms with van der Waals surface area (Å²) in [5.74, 6) is 1.38. The van der Waals surface area contributed by atoms with E-state index in [0.717, 1.165) is 38.8 Å². The van der Waals surface area contributed by atoms with Crippen molar-refractivity contribution >= 4 is 39.5 Å². The SMILES string of the molecule is CCCCCCCCCCCCN(CCCCCCCCCCCC)C(=O)OCCSSCCOC(=O)Oc1ccc([N+](=O)[O-])cc1. The molecule has 1 amide bonds. The Labute approximate surface area is 292 Å². The molecule has 47 heavy (non-hydrogen) atoms. The van der Waals surface area contributed by atoms with Gasteiger partial charge in [0, 0.05) is 36.7 Å². The van der Waals surface area contributed by atoms with Crippen LogP contribution in [0.1, 0.15) is 142 Å². The minimum Gasteiger partial charge on any atom is -0.449 e. The van der Waals surface area contributed by atoms with Gasteiger partial charge >= 0.3 is 12.2 Å². The van der Waals surface area contributed by atoms with E-state index in [1.54, 1.807) is 10.8 Å². The van der Waals surface area contributed by atoms with E-state index in [0.29, 0.717) is 18.1 Å². The molecular formula is C36H62N2O7S2. The summed E-state index contributed by atoms with van der Waals surface area (Å²) in [5, 5.41) is 10.7. The van der Waals surface area contributed by atoms with Crippen molar-refractivity contribution in [2.24, 2.45) is 0 Å². The first-order chi connectivity index (χ1) is 23.0. The first-order valence-corrected chi connectivity index (χ1v) is 20.7. The van der Waals surface area contributed by atoms with Crippen LogP contribution in [0.5, 0.6) is 5.75 Å². The summed E-state index contributed by atoms with van der Waals surface area (Å²) in [5.41, 5.74) is -0.0827. The number of non-ortho nitro benzene ring substituents is 1. The number of hydrogen-bond acceptors (Lipinski definition) is 9. The van der Waals surface area contributed by atoms with Crippen molar-refractivity contribution in [1.29, 1.82) is 0 Å². The Morgan fingerprint density at radius 1 is 0.638 bits per heavy atom.